The Morgan fingerprint density at radius 1 is 1.09 bits per heavy atom. The van der Waals surface area contributed by atoms with E-state index in [0.29, 0.717) is 0 Å². The molecule has 0 aromatic carbocycles. The summed E-state index contributed by atoms with van der Waals surface area (Å²) in [6.45, 7) is 2.23. The molecule has 0 bridgehead atoms. The summed E-state index contributed by atoms with van der Waals surface area (Å²) in [4.78, 5) is 2.19. The third kappa shape index (κ3) is 4.67. The van der Waals surface area contributed by atoms with Crippen LogP contribution >= 0.6 is 24.8 Å². The summed E-state index contributed by atoms with van der Waals surface area (Å²) < 4.78 is 0.766. The molecule has 1 heterocycles. The van der Waals surface area contributed by atoms with Gasteiger partial charge in [0.2, 0.25) is 0 Å². The van der Waals surface area contributed by atoms with Crippen LogP contribution in [0.15, 0.2) is 0 Å². The van der Waals surface area contributed by atoms with Crippen molar-refractivity contribution in [2.24, 2.45) is 0 Å². The van der Waals surface area contributed by atoms with Gasteiger partial charge in [-0.3, -0.25) is 0 Å². The Bertz CT molecular complexity index is 122. The van der Waals surface area contributed by atoms with Crippen LogP contribution in [0, 0.1) is 0 Å². The minimum Gasteiger partial charge on any atom is -0.358 e. The maximum Gasteiger partial charge on any atom is 2.00 e. The van der Waals surface area contributed by atoms with Crippen molar-refractivity contribution in [2.45, 2.75) is 25.7 Å². The Kier molecular flexibility index (Phi) is 7.36. The first-order valence-electron chi connectivity index (χ1n) is 3.78. The van der Waals surface area contributed by atoms with Crippen molar-refractivity contribution in [3.05, 3.63) is 0 Å². The third-order valence-corrected chi connectivity index (χ3v) is 2.42. The number of hydrogen-bond donors (Lipinski definition) is 1. The quantitative estimate of drug-likeness (QED) is 0.413. The van der Waals surface area contributed by atoms with Gasteiger partial charge in [0.15, 0.2) is 0 Å². The number of likely N-dealkylation sites (tertiary alicyclic amines) is 1. The van der Waals surface area contributed by atoms with Gasteiger partial charge >= 0.3 is 27.3 Å². The zero-order chi connectivity index (χ0) is 7.40. The molecule has 11 heavy (non-hydrogen) atoms. The van der Waals surface area contributed by atoms with E-state index in [1.54, 1.807) is 0 Å². The van der Waals surface area contributed by atoms with Crippen LogP contribution in [0.3, 0.4) is 0 Å². The maximum atomic E-state index is 4.97. The van der Waals surface area contributed by atoms with Gasteiger partial charge in [-0.15, -0.1) is 12.6 Å². The fourth-order valence-corrected chi connectivity index (χ4v) is 1.64. The normalized spacial score (nSPS) is 18.5. The second-order valence-electron chi connectivity index (χ2n) is 2.68. The monoisotopic (exact) mass is 289 g/mol. The summed E-state index contributed by atoms with van der Waals surface area (Å²) in [5, 5.41) is 0. The van der Waals surface area contributed by atoms with Gasteiger partial charge in [0.1, 0.15) is 4.32 Å². The van der Waals surface area contributed by atoms with Gasteiger partial charge in [0, 0.05) is 13.1 Å². The van der Waals surface area contributed by atoms with Crippen LogP contribution in [-0.4, -0.2) is 22.3 Å². The van der Waals surface area contributed by atoms with Crippen LogP contribution < -0.4 is 0 Å². The molecule has 0 amide bonds. The molecule has 0 atom stereocenters. The van der Waals surface area contributed by atoms with E-state index in [1.807, 2.05) is 0 Å². The first-order chi connectivity index (χ1) is 4.80. The van der Waals surface area contributed by atoms with Crippen molar-refractivity contribution in [1.29, 1.82) is 0 Å². The van der Waals surface area contributed by atoms with Gasteiger partial charge < -0.3 is 4.90 Å². The van der Waals surface area contributed by atoms with Gasteiger partial charge in [-0.1, -0.05) is 25.1 Å². The van der Waals surface area contributed by atoms with Gasteiger partial charge in [0.05, 0.1) is 0 Å². The smallest absolute Gasteiger partial charge is 0.358 e. The number of hydrogen-bond acceptors (Lipinski definition) is 1. The Balaban J connectivity index is 0.000001000. The molecule has 0 unspecified atom stereocenters. The summed E-state index contributed by atoms with van der Waals surface area (Å²) in [6.07, 6.45) is 5.27. The molecule has 4 heteroatoms. The molecule has 1 saturated heterocycles. The van der Waals surface area contributed by atoms with E-state index in [2.05, 4.69) is 17.5 Å². The molecule has 0 saturated carbocycles. The predicted octanol–water partition coefficient (Wildman–Crippen LogP) is 2.07. The zero-order valence-electron chi connectivity index (χ0n) is 6.75. The van der Waals surface area contributed by atoms with Gasteiger partial charge in [0.25, 0.3) is 0 Å². The average molecular weight is 288 g/mol. The maximum absolute atomic E-state index is 4.97. The van der Waals surface area contributed by atoms with E-state index in [0.717, 1.165) is 17.4 Å². The second-order valence-corrected chi connectivity index (χ2v) is 3.80. The molecule has 1 nitrogen and oxygen atoms in total. The van der Waals surface area contributed by atoms with Crippen LogP contribution in [0.2, 0.25) is 0 Å². The van der Waals surface area contributed by atoms with Crippen molar-refractivity contribution < 1.29 is 27.3 Å². The minimum atomic E-state index is 0. The van der Waals surface area contributed by atoms with Crippen LogP contribution in [0.4, 0.5) is 0 Å². The van der Waals surface area contributed by atoms with Crippen LogP contribution in [0.25, 0.3) is 0 Å². The SMILES string of the molecule is S=C(S)N1CCCCCC1.[Cd+2]. The molecule has 1 aliphatic rings. The fourth-order valence-electron chi connectivity index (χ4n) is 1.26. The van der Waals surface area contributed by atoms with E-state index in [4.69, 9.17) is 12.2 Å². The molecule has 1 rings (SSSR count). The van der Waals surface area contributed by atoms with Gasteiger partial charge in [-0.05, 0) is 12.8 Å². The fraction of sp³-hybridized carbons (Fsp3) is 0.857. The molecule has 0 aliphatic carbocycles. The Hall–Kier alpha value is 1.16. The van der Waals surface area contributed by atoms with E-state index < -0.39 is 0 Å². The Morgan fingerprint density at radius 3 is 1.91 bits per heavy atom. The molecule has 1 aliphatic heterocycles. The zero-order valence-corrected chi connectivity index (χ0v) is 12.5. The van der Waals surface area contributed by atoms with Crippen LogP contribution in [0.1, 0.15) is 25.7 Å². The molecule has 0 aromatic heterocycles. The molecule has 0 spiro atoms. The molecule has 0 N–H and O–H groups in total. The van der Waals surface area contributed by atoms with Crippen LogP contribution in [0.5, 0.6) is 0 Å². The standard InChI is InChI=1S/C7H13NS2.Cd/c9-7(10)8-5-3-1-2-4-6-8;/h1-6H2,(H,9,10);/q;+2. The van der Waals surface area contributed by atoms with Crippen molar-refractivity contribution >= 4 is 29.2 Å². The average Bonchev–Trinajstić information content (AvgIpc) is 2.12. The molecule has 0 radical (unpaired) electrons. The summed E-state index contributed by atoms with van der Waals surface area (Å²) in [6, 6.07) is 0. The van der Waals surface area contributed by atoms with Crippen molar-refractivity contribution in [3.8, 4) is 0 Å². The van der Waals surface area contributed by atoms with Crippen molar-refractivity contribution in [1.82, 2.24) is 4.90 Å². The van der Waals surface area contributed by atoms with E-state index in [1.165, 1.54) is 25.7 Å². The summed E-state index contributed by atoms with van der Waals surface area (Å²) >= 11 is 9.11. The van der Waals surface area contributed by atoms with Crippen molar-refractivity contribution in [2.75, 3.05) is 13.1 Å². The van der Waals surface area contributed by atoms with E-state index in [-0.39, 0.29) is 27.3 Å². The second kappa shape index (κ2) is 6.65. The number of thiol groups is 1. The molecule has 1 fully saturated rings. The largest absolute Gasteiger partial charge is 2.00 e. The first kappa shape index (κ1) is 12.2. The molecule has 0 aromatic rings. The Morgan fingerprint density at radius 2 is 1.55 bits per heavy atom. The number of nitrogens with zero attached hydrogens (tertiary/aromatic N) is 1. The molecular formula is C7H13CdNS2+2. The molecule has 58 valence electrons. The third-order valence-electron chi connectivity index (χ3n) is 1.88. The topological polar surface area (TPSA) is 3.24 Å². The predicted molar refractivity (Wildman–Crippen MR) is 51.6 cm³/mol. The van der Waals surface area contributed by atoms with Crippen LogP contribution in [-0.2, 0) is 27.3 Å². The number of rotatable bonds is 0. The summed E-state index contributed by atoms with van der Waals surface area (Å²) in [5.41, 5.74) is 0. The van der Waals surface area contributed by atoms with Gasteiger partial charge in [-0.2, -0.15) is 0 Å². The summed E-state index contributed by atoms with van der Waals surface area (Å²) in [7, 11) is 0. The summed E-state index contributed by atoms with van der Waals surface area (Å²) in [5.74, 6) is 0. The first-order valence-corrected chi connectivity index (χ1v) is 4.64. The van der Waals surface area contributed by atoms with E-state index in [9.17, 15) is 0 Å². The van der Waals surface area contributed by atoms with Gasteiger partial charge in [-0.25, -0.2) is 0 Å². The minimum absolute atomic E-state index is 0. The Labute approximate surface area is 99.5 Å². The van der Waals surface area contributed by atoms with E-state index >= 15 is 0 Å². The number of thiocarbonyl (C=S) groups is 1. The molecular weight excluding hydrogens is 275 g/mol. The van der Waals surface area contributed by atoms with Crippen molar-refractivity contribution in [3.63, 3.8) is 0 Å².